The predicted octanol–water partition coefficient (Wildman–Crippen LogP) is 4.93. The fourth-order valence-electron chi connectivity index (χ4n) is 13.4. The zero-order valence-corrected chi connectivity index (χ0v) is 78.0. The Balaban J connectivity index is 0.000000141. The molecular weight excluding hydrogens is 1880 g/mol. The lowest BCUT2D eigenvalue weighted by Crippen LogP contribution is -2.35. The van der Waals surface area contributed by atoms with Crippen molar-refractivity contribution in [2.24, 2.45) is 0 Å². The topological polar surface area (TPSA) is 605 Å². The molecule has 15 N–H and O–H groups in total. The van der Waals surface area contributed by atoms with E-state index in [-0.39, 0.29) is 41.5 Å². The molecule has 0 bridgehead atoms. The molecule has 0 atom stereocenters. The van der Waals surface area contributed by atoms with Crippen molar-refractivity contribution in [1.29, 1.82) is 0 Å². The molecule has 11 aromatic carbocycles. The Hall–Kier alpha value is -15.1. The number of hydrogen-bond acceptors (Lipinski definition) is 38. The Labute approximate surface area is 828 Å². The van der Waals surface area contributed by atoms with Crippen LogP contribution in [0, 0.1) is 5.82 Å². The number of carbonyl (C=O) groups excluding carboxylic acids is 1. The van der Waals surface area contributed by atoms with Crippen molar-refractivity contribution < 1.29 is 120 Å². The van der Waals surface area contributed by atoms with E-state index in [1.807, 2.05) is 133 Å². The van der Waals surface area contributed by atoms with Gasteiger partial charge in [-0.15, -0.1) is 71.4 Å². The molecule has 1 saturated heterocycles. The maximum Gasteiger partial charge on any atom is 0.491 e. The Morgan fingerprint density at radius 1 is 0.347 bits per heavy atom. The number of carbonyl (C=O) groups is 1. The molecule has 1 amide bonds. The van der Waals surface area contributed by atoms with Gasteiger partial charge in [0, 0.05) is 82.5 Å². The Morgan fingerprint density at radius 2 is 0.660 bits per heavy atom. The molecule has 730 valence electrons. The number of nitrogens with zero attached hydrogens (tertiary/aromatic N) is 15. The van der Waals surface area contributed by atoms with Gasteiger partial charge in [-0.2, -0.15) is 0 Å². The van der Waals surface area contributed by atoms with E-state index >= 15 is 0 Å². The second kappa shape index (κ2) is 52.1. The van der Waals surface area contributed by atoms with Crippen LogP contribution in [0.5, 0.6) is 0 Å². The smallest absolute Gasteiger partial charge is 0.423 e. The van der Waals surface area contributed by atoms with Crippen molar-refractivity contribution in [3.05, 3.63) is 330 Å². The summed E-state index contributed by atoms with van der Waals surface area (Å²) in [6.45, 7) is 7.55. The van der Waals surface area contributed by atoms with E-state index in [4.69, 9.17) is 118 Å². The van der Waals surface area contributed by atoms with Crippen LogP contribution in [0.4, 0.5) is 4.39 Å². The minimum atomic E-state index is -1.86. The highest BCUT2D eigenvalue weighted by molar-refractivity contribution is 6.61. The number of piperidine rings is 1. The molecule has 0 saturated carbocycles. The quantitative estimate of drug-likeness (QED) is 0.0303. The molecule has 0 radical (unpaired) electrons. The molecule has 1 aliphatic rings. The SMILES string of the molecule is CC(C)(O)c1nnc(-c2ccc(B(O)O)cc2)o1.CCOCc1nnc(-c2ccc(B(O)O)cc2)o1.O=C(CCc1nnc(-c2ccc(B(O)O)cc2)o1)N1CCCCC1.OB(O)c1ccc(-c2nnc(-c3ccccc3)o2)c(Cl)c1.OB(O)c1ccc(-c2nnc(-c3ccccc3)o2)cc1.OB(O)c1ccc(-c2nnc(Cc3ccccc3)o2)cc1.OB(O)c1ccc(-c2nnc(Cc3ccccc3)o2)cc1F. The number of aromatic nitrogens is 14. The van der Waals surface area contributed by atoms with E-state index in [9.17, 15) is 14.3 Å². The first kappa shape index (κ1) is 106. The summed E-state index contributed by atoms with van der Waals surface area (Å²) in [5.74, 6) is 4.46. The van der Waals surface area contributed by atoms with Crippen molar-refractivity contribution in [2.45, 2.75) is 77.9 Å². The van der Waals surface area contributed by atoms with Crippen LogP contribution in [-0.4, -0.2) is 227 Å². The fourth-order valence-corrected chi connectivity index (χ4v) is 13.7. The van der Waals surface area contributed by atoms with E-state index in [2.05, 4.69) is 71.4 Å². The van der Waals surface area contributed by atoms with Gasteiger partial charge in [-0.3, -0.25) is 4.79 Å². The average Bonchev–Trinajstić information content (AvgIpc) is 1.67. The van der Waals surface area contributed by atoms with E-state index in [1.165, 1.54) is 30.7 Å². The predicted molar refractivity (Wildman–Crippen MR) is 531 cm³/mol. The molecule has 144 heavy (non-hydrogen) atoms. The van der Waals surface area contributed by atoms with Crippen LogP contribution in [0.25, 0.3) is 103 Å². The largest absolute Gasteiger partial charge is 0.491 e. The third-order valence-corrected chi connectivity index (χ3v) is 21.4. The van der Waals surface area contributed by atoms with Gasteiger partial charge in [-0.25, -0.2) is 4.39 Å². The van der Waals surface area contributed by atoms with Crippen LogP contribution in [0.2, 0.25) is 5.02 Å². The number of ether oxygens (including phenoxy) is 1. The minimum Gasteiger partial charge on any atom is -0.423 e. The van der Waals surface area contributed by atoms with Crippen LogP contribution in [0.15, 0.2) is 310 Å². The van der Waals surface area contributed by atoms with Crippen molar-refractivity contribution in [2.75, 3.05) is 19.7 Å². The maximum absolute atomic E-state index is 13.7. The molecule has 48 heteroatoms. The zero-order chi connectivity index (χ0) is 102. The summed E-state index contributed by atoms with van der Waals surface area (Å²) >= 11 is 6.11. The molecule has 8 heterocycles. The molecule has 0 spiro atoms. The normalized spacial score (nSPS) is 11.4. The number of benzene rings is 11. The monoisotopic (exact) mass is 1970 g/mol. The first-order valence-corrected chi connectivity index (χ1v) is 45.0. The first-order chi connectivity index (χ1) is 69.4. The van der Waals surface area contributed by atoms with Crippen LogP contribution in [0.3, 0.4) is 0 Å². The molecule has 0 aliphatic carbocycles. The summed E-state index contributed by atoms with van der Waals surface area (Å²) in [7, 11) is -10.9. The summed E-state index contributed by atoms with van der Waals surface area (Å²) < 4.78 is 57.6. The van der Waals surface area contributed by atoms with Crippen molar-refractivity contribution in [3.63, 3.8) is 0 Å². The molecule has 7 aromatic heterocycles. The van der Waals surface area contributed by atoms with Gasteiger partial charge in [0.1, 0.15) is 18.0 Å². The van der Waals surface area contributed by atoms with Crippen LogP contribution in [0.1, 0.15) is 87.0 Å². The Morgan fingerprint density at radius 3 is 1.03 bits per heavy atom. The molecule has 39 nitrogen and oxygen atoms in total. The maximum atomic E-state index is 13.7. The van der Waals surface area contributed by atoms with Gasteiger partial charge >= 0.3 is 49.8 Å². The van der Waals surface area contributed by atoms with Crippen LogP contribution in [-0.2, 0) is 41.0 Å². The number of aliphatic hydroxyl groups is 1. The summed E-state index contributed by atoms with van der Waals surface area (Å²) in [5, 5.41) is 192. The lowest BCUT2D eigenvalue weighted by atomic mass is 9.79. The first-order valence-electron chi connectivity index (χ1n) is 44.7. The summed E-state index contributed by atoms with van der Waals surface area (Å²) in [4.78, 5) is 14.0. The number of likely N-dealkylation sites (tertiary alicyclic amines) is 1. The highest BCUT2D eigenvalue weighted by Gasteiger charge is 2.28. The molecule has 0 unspecified atom stereocenters. The van der Waals surface area contributed by atoms with Gasteiger partial charge in [0.15, 0.2) is 0 Å². The zero-order valence-electron chi connectivity index (χ0n) is 77.2. The molecule has 1 fully saturated rings. The highest BCUT2D eigenvalue weighted by Crippen LogP contribution is 2.31. The van der Waals surface area contributed by atoms with E-state index in [1.54, 1.807) is 141 Å². The number of aryl methyl sites for hydroxylation is 1. The third kappa shape index (κ3) is 31.0. The third-order valence-electron chi connectivity index (χ3n) is 21.1. The molecular formula is C96H92B7ClFN15O24. The standard InChI is InChI=1S/C16H20BN3O4.C15H12BFN2O3.C15H13BN2O3.C14H10BClN2O3.C14H11BN2O3.2C11H13BN2O4/c21-15(20-10-2-1-3-11-20)9-8-14-18-19-16(24-14)12-4-6-13(7-5-12)17(22)23;17-13-9-11(6-7-12(13)16(20)21)15-19-18-14(22-15)8-10-4-2-1-3-5-10;19-16(20)13-8-6-12(7-9-13)15-18-17-14(21-15)10-11-4-2-1-3-5-11;16-12-8-10(15(19)20)6-7-11(12)14-18-17-13(21-14)9-4-2-1-3-5-9;18-15(19)12-8-6-11(7-9-12)14-17-16-13(20-14)10-4-2-1-3-5-10;1-11(2,15)10-14-13-9(18-10)7-3-5-8(6-4-7)12(16)17;1-2-17-7-10-13-14-11(18-10)8-3-5-9(6-4-8)12(15)16/h4-7,22-23H,1-3,8-11H2;1-7,9,20-21H,8H2;1-9,19-20H,10H2;1-8,19-20H;1-9,18-19H;3-6,15-17H,1-2H3;3-6,15-16H,2,7H2,1H3. The molecule has 18 aromatic rings. The van der Waals surface area contributed by atoms with Crippen molar-refractivity contribution in [3.8, 4) is 103 Å². The van der Waals surface area contributed by atoms with Gasteiger partial charge < -0.3 is 116 Å². The van der Waals surface area contributed by atoms with Gasteiger partial charge in [0.25, 0.3) is 0 Å². The van der Waals surface area contributed by atoms with Crippen molar-refractivity contribution in [1.82, 2.24) is 76.3 Å². The number of rotatable bonds is 27. The Bertz CT molecular complexity index is 6980. The lowest BCUT2D eigenvalue weighted by molar-refractivity contribution is -0.132. The lowest BCUT2D eigenvalue weighted by Gasteiger charge is -2.26. The molecule has 1 aliphatic heterocycles. The number of amides is 1. The summed E-state index contributed by atoms with van der Waals surface area (Å²) in [6, 6.07) is 79.7. The van der Waals surface area contributed by atoms with E-state index < -0.39 is 61.2 Å². The fraction of sp³-hybridized carbons (Fsp3) is 0.156. The van der Waals surface area contributed by atoms with Gasteiger partial charge in [-0.05, 0) is 193 Å². The second-order valence-electron chi connectivity index (χ2n) is 32.1. The van der Waals surface area contributed by atoms with E-state index in [0.717, 1.165) is 70.9 Å². The van der Waals surface area contributed by atoms with Crippen molar-refractivity contribution >= 4 is 106 Å². The molecule has 19 rings (SSSR count). The van der Waals surface area contributed by atoms with Gasteiger partial charge in [0.2, 0.25) is 88.4 Å². The van der Waals surface area contributed by atoms with Gasteiger partial charge in [0.05, 0.1) is 23.4 Å². The summed E-state index contributed by atoms with van der Waals surface area (Å²) in [6.07, 6.45) is 5.23. The number of halogens is 2. The Kier molecular flexibility index (Phi) is 38.4. The minimum absolute atomic E-state index is 0.128. The number of hydrogen-bond donors (Lipinski definition) is 15. The van der Waals surface area contributed by atoms with E-state index in [0.29, 0.717) is 151 Å². The summed E-state index contributed by atoms with van der Waals surface area (Å²) in [5.41, 5.74) is 9.17. The highest BCUT2D eigenvalue weighted by atomic mass is 35.5. The van der Waals surface area contributed by atoms with Crippen LogP contribution < -0.4 is 38.2 Å². The second-order valence-corrected chi connectivity index (χ2v) is 32.5. The average molecular weight is 1970 g/mol. The van der Waals surface area contributed by atoms with Gasteiger partial charge in [-0.1, -0.05) is 181 Å². The van der Waals surface area contributed by atoms with Crippen LogP contribution >= 0.6 is 11.6 Å².